The number of aliphatic hydroxyl groups is 1. The normalized spacial score (nSPS) is 16.4. The zero-order valence-electron chi connectivity index (χ0n) is 20.1. The number of benzene rings is 3. The molecule has 2 heterocycles. The van der Waals surface area contributed by atoms with Gasteiger partial charge in [-0.05, 0) is 42.8 Å². The molecule has 2 atom stereocenters. The Labute approximate surface area is 204 Å². The first-order chi connectivity index (χ1) is 17.0. The lowest BCUT2D eigenvalue weighted by molar-refractivity contribution is -0.135. The molecule has 2 N–H and O–H groups in total. The Bertz CT molecular complexity index is 1310. The molecular weight excluding hydrogens is 442 g/mol. The van der Waals surface area contributed by atoms with Crippen molar-refractivity contribution in [1.82, 2.24) is 14.8 Å². The predicted octanol–water partition coefficient (Wildman–Crippen LogP) is 3.80. The van der Waals surface area contributed by atoms with Crippen LogP contribution in [0, 0.1) is 0 Å². The molecule has 0 spiro atoms. The van der Waals surface area contributed by atoms with Crippen LogP contribution in [0.4, 0.5) is 0 Å². The molecule has 1 aliphatic heterocycles. The highest BCUT2D eigenvalue weighted by molar-refractivity contribution is 6.10. The number of para-hydroxylation sites is 1. The number of fused-ring (bicyclic) bond motifs is 3. The third-order valence-corrected chi connectivity index (χ3v) is 6.69. The zero-order valence-corrected chi connectivity index (χ0v) is 20.1. The van der Waals surface area contributed by atoms with Crippen molar-refractivity contribution in [1.29, 1.82) is 0 Å². The number of carbonyl (C=O) groups is 1. The van der Waals surface area contributed by atoms with Gasteiger partial charge in [-0.1, -0.05) is 36.4 Å². The van der Waals surface area contributed by atoms with Crippen LogP contribution in [0.25, 0.3) is 21.8 Å². The Kier molecular flexibility index (Phi) is 6.61. The number of hydrogen-bond donors (Lipinski definition) is 2. The number of amides is 1. The molecule has 1 fully saturated rings. The topological polar surface area (TPSA) is 78.0 Å². The highest BCUT2D eigenvalue weighted by atomic mass is 16.5. The number of H-pyrrole nitrogens is 1. The summed E-state index contributed by atoms with van der Waals surface area (Å²) in [5, 5.41) is 12.7. The number of hydrogen-bond acceptors (Lipinski definition) is 5. The van der Waals surface area contributed by atoms with Crippen LogP contribution < -0.4 is 9.47 Å². The fraction of sp³-hybridized carbons (Fsp3) is 0.321. The third kappa shape index (κ3) is 4.83. The monoisotopic (exact) mass is 473 g/mol. The maximum absolute atomic E-state index is 12.9. The summed E-state index contributed by atoms with van der Waals surface area (Å²) in [5.74, 6) is 1.62. The second kappa shape index (κ2) is 9.98. The fourth-order valence-corrected chi connectivity index (χ4v) is 4.83. The molecule has 2 unspecified atom stereocenters. The van der Waals surface area contributed by atoms with Crippen molar-refractivity contribution in [3.8, 4) is 11.5 Å². The number of nitrogens with zero attached hydrogens (tertiary/aromatic N) is 2. The molecule has 5 rings (SSSR count). The molecule has 35 heavy (non-hydrogen) atoms. The highest BCUT2D eigenvalue weighted by Crippen LogP contribution is 2.34. The molecule has 1 saturated heterocycles. The number of aromatic nitrogens is 1. The second-order valence-electron chi connectivity index (χ2n) is 9.04. The number of aliphatic hydroxyl groups excluding tert-OH is 1. The van der Waals surface area contributed by atoms with E-state index in [4.69, 9.17) is 9.47 Å². The van der Waals surface area contributed by atoms with E-state index >= 15 is 0 Å². The number of rotatable bonds is 7. The van der Waals surface area contributed by atoms with Gasteiger partial charge in [-0.15, -0.1) is 0 Å². The molecule has 0 saturated carbocycles. The summed E-state index contributed by atoms with van der Waals surface area (Å²) in [7, 11) is 1.63. The van der Waals surface area contributed by atoms with Crippen molar-refractivity contribution in [3.05, 3.63) is 72.3 Å². The van der Waals surface area contributed by atoms with Crippen molar-refractivity contribution < 1.29 is 19.4 Å². The first-order valence-electron chi connectivity index (χ1n) is 12.0. The maximum Gasteiger partial charge on any atom is 0.227 e. The summed E-state index contributed by atoms with van der Waals surface area (Å²) in [6.07, 6.45) is -0.840. The van der Waals surface area contributed by atoms with Gasteiger partial charge in [0.2, 0.25) is 5.91 Å². The molecule has 1 aliphatic rings. The van der Waals surface area contributed by atoms with Crippen molar-refractivity contribution in [3.63, 3.8) is 0 Å². The Morgan fingerprint density at radius 3 is 2.40 bits per heavy atom. The zero-order chi connectivity index (χ0) is 24.4. The first kappa shape index (κ1) is 23.2. The molecule has 1 aromatic heterocycles. The maximum atomic E-state index is 12.9. The van der Waals surface area contributed by atoms with E-state index in [1.807, 2.05) is 65.6 Å². The Morgan fingerprint density at radius 1 is 0.971 bits per heavy atom. The smallest absolute Gasteiger partial charge is 0.227 e. The molecule has 0 aliphatic carbocycles. The van der Waals surface area contributed by atoms with Crippen molar-refractivity contribution in [2.24, 2.45) is 0 Å². The summed E-state index contributed by atoms with van der Waals surface area (Å²) in [6, 6.07) is 21.7. The van der Waals surface area contributed by atoms with E-state index < -0.39 is 12.3 Å². The van der Waals surface area contributed by atoms with Gasteiger partial charge in [0.25, 0.3) is 0 Å². The minimum Gasteiger partial charge on any atom is -0.497 e. The first-order valence-corrected chi connectivity index (χ1v) is 12.0. The summed E-state index contributed by atoms with van der Waals surface area (Å²) < 4.78 is 11.6. The largest absolute Gasteiger partial charge is 0.497 e. The second-order valence-corrected chi connectivity index (χ2v) is 9.04. The molecule has 0 bridgehead atoms. The van der Waals surface area contributed by atoms with Gasteiger partial charge >= 0.3 is 0 Å². The van der Waals surface area contributed by atoms with E-state index in [9.17, 15) is 9.90 Å². The molecule has 7 nitrogen and oxygen atoms in total. The molecule has 0 radical (unpaired) electrons. The Balaban J connectivity index is 1.27. The van der Waals surface area contributed by atoms with Gasteiger partial charge in [0.15, 0.2) is 6.23 Å². The standard InChI is InChI=1S/C28H31N3O4/c1-19(32)28(35-25-9-5-8-24-27(25)22-6-3-4-7-23(22)29-24)31-16-14-30(15-17-31)26(33)18-20-10-12-21(34-2)13-11-20/h3-13,19,28-29,32H,14-18H2,1-2H3. The van der Waals surface area contributed by atoms with Gasteiger partial charge in [-0.25, -0.2) is 0 Å². The van der Waals surface area contributed by atoms with Crippen LogP contribution in [0.15, 0.2) is 66.7 Å². The van der Waals surface area contributed by atoms with Gasteiger partial charge in [-0.2, -0.15) is 0 Å². The lowest BCUT2D eigenvalue weighted by Gasteiger charge is -2.40. The van der Waals surface area contributed by atoms with E-state index in [0.717, 1.165) is 38.9 Å². The van der Waals surface area contributed by atoms with Crippen LogP contribution in [0.2, 0.25) is 0 Å². The van der Waals surface area contributed by atoms with Crippen molar-refractivity contribution >= 4 is 27.7 Å². The summed E-state index contributed by atoms with van der Waals surface area (Å²) in [4.78, 5) is 20.3. The number of nitrogens with one attached hydrogen (secondary N) is 1. The number of ether oxygens (including phenoxy) is 2. The van der Waals surface area contributed by atoms with Crippen LogP contribution in [0.3, 0.4) is 0 Å². The van der Waals surface area contributed by atoms with Gasteiger partial charge in [0, 0.05) is 42.5 Å². The van der Waals surface area contributed by atoms with Crippen LogP contribution in [-0.4, -0.2) is 71.4 Å². The quantitative estimate of drug-likeness (QED) is 0.427. The van der Waals surface area contributed by atoms with Crippen LogP contribution in [0.5, 0.6) is 11.5 Å². The Morgan fingerprint density at radius 2 is 1.69 bits per heavy atom. The summed E-state index contributed by atoms with van der Waals surface area (Å²) in [5.41, 5.74) is 3.02. The molecule has 7 heteroatoms. The average molecular weight is 474 g/mol. The minimum absolute atomic E-state index is 0.105. The lowest BCUT2D eigenvalue weighted by Crippen LogP contribution is -2.56. The van der Waals surface area contributed by atoms with Crippen LogP contribution in [0.1, 0.15) is 12.5 Å². The predicted molar refractivity (Wildman–Crippen MR) is 137 cm³/mol. The lowest BCUT2D eigenvalue weighted by atomic mass is 10.1. The van der Waals surface area contributed by atoms with E-state index in [-0.39, 0.29) is 5.91 Å². The van der Waals surface area contributed by atoms with Crippen LogP contribution in [-0.2, 0) is 11.2 Å². The minimum atomic E-state index is -0.697. The van der Waals surface area contributed by atoms with Crippen molar-refractivity contribution in [2.45, 2.75) is 25.7 Å². The number of aromatic amines is 1. The Hall–Kier alpha value is -3.55. The summed E-state index contributed by atoms with van der Waals surface area (Å²) >= 11 is 0. The molecule has 4 aromatic rings. The van der Waals surface area contributed by atoms with E-state index in [0.29, 0.717) is 32.6 Å². The molecule has 3 aromatic carbocycles. The van der Waals surface area contributed by atoms with Gasteiger partial charge in [0.1, 0.15) is 17.6 Å². The molecular formula is C28H31N3O4. The van der Waals surface area contributed by atoms with Gasteiger partial charge < -0.3 is 24.5 Å². The number of piperazine rings is 1. The summed E-state index contributed by atoms with van der Waals surface area (Å²) in [6.45, 7) is 4.21. The van der Waals surface area contributed by atoms with E-state index in [1.54, 1.807) is 14.0 Å². The highest BCUT2D eigenvalue weighted by Gasteiger charge is 2.30. The third-order valence-electron chi connectivity index (χ3n) is 6.69. The van der Waals surface area contributed by atoms with E-state index in [1.165, 1.54) is 0 Å². The molecule has 1 amide bonds. The van der Waals surface area contributed by atoms with Crippen molar-refractivity contribution in [2.75, 3.05) is 33.3 Å². The number of methoxy groups -OCH3 is 1. The van der Waals surface area contributed by atoms with Gasteiger partial charge in [-0.3, -0.25) is 9.69 Å². The molecule has 182 valence electrons. The SMILES string of the molecule is COc1ccc(CC(=O)N2CCN(C(Oc3cccc4[nH]c5ccccc5c34)C(C)O)CC2)cc1. The fourth-order valence-electron chi connectivity index (χ4n) is 4.83. The average Bonchev–Trinajstić information content (AvgIpc) is 3.27. The van der Waals surface area contributed by atoms with Gasteiger partial charge in [0.05, 0.1) is 19.0 Å². The van der Waals surface area contributed by atoms with E-state index in [2.05, 4.69) is 16.0 Å². The van der Waals surface area contributed by atoms with Crippen LogP contribution >= 0.6 is 0 Å². The number of carbonyl (C=O) groups excluding carboxylic acids is 1.